The van der Waals surface area contributed by atoms with Crippen LogP contribution in [0.25, 0.3) is 0 Å². The normalized spacial score (nSPS) is 10.7. The van der Waals surface area contributed by atoms with E-state index in [1.54, 1.807) is 0 Å². The van der Waals surface area contributed by atoms with Crippen LogP contribution in [0.2, 0.25) is 0 Å². The maximum absolute atomic E-state index is 11.6. The Morgan fingerprint density at radius 2 is 0.800 bits per heavy atom. The Morgan fingerprint density at radius 3 is 1.10 bits per heavy atom. The summed E-state index contributed by atoms with van der Waals surface area (Å²) in [6.45, 7) is 4.36. The molecule has 0 aliphatic heterocycles. The summed E-state index contributed by atoms with van der Waals surface area (Å²) in [5.74, 6) is 0.771. The second-order valence-electron chi connectivity index (χ2n) is 5.91. The minimum atomic E-state index is 0.386. The Hall–Kier alpha value is -0.660. The van der Waals surface area contributed by atoms with Crippen molar-refractivity contribution >= 4 is 11.6 Å². The molecule has 0 heterocycles. The third-order valence-corrected chi connectivity index (χ3v) is 3.78. The highest BCUT2D eigenvalue weighted by Gasteiger charge is 2.04. The third-order valence-electron chi connectivity index (χ3n) is 3.78. The van der Waals surface area contributed by atoms with E-state index < -0.39 is 0 Å². The molecule has 0 saturated carbocycles. The summed E-state index contributed by atoms with van der Waals surface area (Å²) in [4.78, 5) is 23.2. The lowest BCUT2D eigenvalue weighted by molar-refractivity contribution is -0.121. The van der Waals surface area contributed by atoms with Crippen LogP contribution in [0.4, 0.5) is 0 Å². The van der Waals surface area contributed by atoms with Gasteiger partial charge in [-0.2, -0.15) is 0 Å². The zero-order valence-corrected chi connectivity index (χ0v) is 13.7. The van der Waals surface area contributed by atoms with Crippen LogP contribution in [-0.2, 0) is 9.59 Å². The summed E-state index contributed by atoms with van der Waals surface area (Å²) in [6.07, 6.45) is 14.0. The minimum Gasteiger partial charge on any atom is -0.300 e. The molecule has 0 aromatic carbocycles. The predicted octanol–water partition coefficient (Wildman–Crippen LogP) is 5.63. The van der Waals surface area contributed by atoms with Gasteiger partial charge in [0, 0.05) is 25.7 Å². The number of ketones is 2. The molecule has 0 radical (unpaired) electrons. The number of unbranched alkanes of at least 4 members (excludes halogenated alkanes) is 7. The largest absolute Gasteiger partial charge is 0.300 e. The Balaban J connectivity index is 3.32. The Kier molecular flexibility index (Phi) is 14.3. The lowest BCUT2D eigenvalue weighted by atomic mass is 10.0. The molecule has 0 aromatic heterocycles. The molecule has 0 aliphatic carbocycles. The average molecular weight is 282 g/mol. The van der Waals surface area contributed by atoms with Crippen LogP contribution in [0.1, 0.15) is 104 Å². The quantitative estimate of drug-likeness (QED) is 0.365. The summed E-state index contributed by atoms with van der Waals surface area (Å²) in [5.41, 5.74) is 0. The fraction of sp³-hybridized carbons (Fsp3) is 0.889. The smallest absolute Gasteiger partial charge is 0.132 e. The Labute approximate surface area is 125 Å². The first-order valence-electron chi connectivity index (χ1n) is 8.74. The summed E-state index contributed by atoms with van der Waals surface area (Å²) < 4.78 is 0. The van der Waals surface area contributed by atoms with Crippen molar-refractivity contribution in [3.63, 3.8) is 0 Å². The van der Waals surface area contributed by atoms with Gasteiger partial charge in [-0.15, -0.1) is 0 Å². The van der Waals surface area contributed by atoms with Crippen LogP contribution < -0.4 is 0 Å². The molecule has 0 aromatic rings. The average Bonchev–Trinajstić information content (AvgIpc) is 2.44. The summed E-state index contributed by atoms with van der Waals surface area (Å²) in [7, 11) is 0. The van der Waals surface area contributed by atoms with E-state index in [4.69, 9.17) is 0 Å². The van der Waals surface area contributed by atoms with Gasteiger partial charge in [-0.1, -0.05) is 52.4 Å². The van der Waals surface area contributed by atoms with Crippen molar-refractivity contribution in [2.75, 3.05) is 0 Å². The van der Waals surface area contributed by atoms with E-state index in [1.165, 1.54) is 38.5 Å². The SMILES string of the molecule is CCCCCCC(=O)CCCCC(=O)CCCCCC. The number of hydrogen-bond acceptors (Lipinski definition) is 2. The molecule has 0 saturated heterocycles. The van der Waals surface area contributed by atoms with E-state index in [2.05, 4.69) is 13.8 Å². The summed E-state index contributed by atoms with van der Waals surface area (Å²) in [5, 5.41) is 0. The van der Waals surface area contributed by atoms with Crippen molar-refractivity contribution in [3.8, 4) is 0 Å². The standard InChI is InChI=1S/C18H34O2/c1-3-5-7-9-13-17(19)15-11-12-16-18(20)14-10-8-6-4-2/h3-16H2,1-2H3. The Morgan fingerprint density at radius 1 is 0.500 bits per heavy atom. The molecular formula is C18H34O2. The number of carbonyl (C=O) groups is 2. The lowest BCUT2D eigenvalue weighted by Crippen LogP contribution is -2.00. The van der Waals surface area contributed by atoms with Crippen molar-refractivity contribution in [1.29, 1.82) is 0 Å². The molecular weight excluding hydrogens is 248 g/mol. The highest BCUT2D eigenvalue weighted by Crippen LogP contribution is 2.10. The number of hydrogen-bond donors (Lipinski definition) is 0. The van der Waals surface area contributed by atoms with Gasteiger partial charge in [-0.25, -0.2) is 0 Å². The summed E-state index contributed by atoms with van der Waals surface area (Å²) in [6, 6.07) is 0. The maximum Gasteiger partial charge on any atom is 0.132 e. The zero-order valence-electron chi connectivity index (χ0n) is 13.7. The molecule has 2 heteroatoms. The van der Waals surface area contributed by atoms with E-state index in [9.17, 15) is 9.59 Å². The second-order valence-corrected chi connectivity index (χ2v) is 5.91. The van der Waals surface area contributed by atoms with Crippen LogP contribution in [0.15, 0.2) is 0 Å². The zero-order chi connectivity index (χ0) is 15.1. The van der Waals surface area contributed by atoms with Crippen LogP contribution in [0.5, 0.6) is 0 Å². The molecule has 0 bridgehead atoms. The molecule has 2 nitrogen and oxygen atoms in total. The van der Waals surface area contributed by atoms with Crippen molar-refractivity contribution in [3.05, 3.63) is 0 Å². The summed E-state index contributed by atoms with van der Waals surface area (Å²) >= 11 is 0. The van der Waals surface area contributed by atoms with Gasteiger partial charge in [0.2, 0.25) is 0 Å². The fourth-order valence-electron chi connectivity index (χ4n) is 2.39. The van der Waals surface area contributed by atoms with Gasteiger partial charge in [0.15, 0.2) is 0 Å². The molecule has 0 rings (SSSR count). The van der Waals surface area contributed by atoms with Gasteiger partial charge in [0.25, 0.3) is 0 Å². The molecule has 0 amide bonds. The highest BCUT2D eigenvalue weighted by molar-refractivity contribution is 5.79. The topological polar surface area (TPSA) is 34.1 Å². The van der Waals surface area contributed by atoms with E-state index in [-0.39, 0.29) is 0 Å². The van der Waals surface area contributed by atoms with Gasteiger partial charge >= 0.3 is 0 Å². The third kappa shape index (κ3) is 13.8. The van der Waals surface area contributed by atoms with Gasteiger partial charge < -0.3 is 0 Å². The van der Waals surface area contributed by atoms with Crippen molar-refractivity contribution in [2.24, 2.45) is 0 Å². The first-order valence-corrected chi connectivity index (χ1v) is 8.74. The Bertz CT molecular complexity index is 220. The van der Waals surface area contributed by atoms with E-state index in [0.29, 0.717) is 24.4 Å². The monoisotopic (exact) mass is 282 g/mol. The number of carbonyl (C=O) groups excluding carboxylic acids is 2. The highest BCUT2D eigenvalue weighted by atomic mass is 16.1. The lowest BCUT2D eigenvalue weighted by Gasteiger charge is -2.02. The fourth-order valence-corrected chi connectivity index (χ4v) is 2.39. The molecule has 0 spiro atoms. The first kappa shape index (κ1) is 19.3. The molecule has 20 heavy (non-hydrogen) atoms. The molecule has 0 fully saturated rings. The van der Waals surface area contributed by atoms with Crippen LogP contribution in [0, 0.1) is 0 Å². The predicted molar refractivity (Wildman–Crippen MR) is 86.0 cm³/mol. The van der Waals surface area contributed by atoms with Gasteiger partial charge in [-0.3, -0.25) is 9.59 Å². The van der Waals surface area contributed by atoms with Crippen LogP contribution in [0.3, 0.4) is 0 Å². The minimum absolute atomic E-state index is 0.386. The molecule has 118 valence electrons. The number of Topliss-reactive ketones (excluding diaryl/α,β-unsaturated/α-hetero) is 2. The van der Waals surface area contributed by atoms with Gasteiger partial charge in [0.05, 0.1) is 0 Å². The van der Waals surface area contributed by atoms with Crippen molar-refractivity contribution in [1.82, 2.24) is 0 Å². The van der Waals surface area contributed by atoms with E-state index in [0.717, 1.165) is 38.5 Å². The van der Waals surface area contributed by atoms with Crippen LogP contribution >= 0.6 is 0 Å². The van der Waals surface area contributed by atoms with E-state index in [1.807, 2.05) is 0 Å². The van der Waals surface area contributed by atoms with Gasteiger partial charge in [0.1, 0.15) is 11.6 Å². The molecule has 0 N–H and O–H groups in total. The maximum atomic E-state index is 11.6. The van der Waals surface area contributed by atoms with Gasteiger partial charge in [-0.05, 0) is 25.7 Å². The van der Waals surface area contributed by atoms with Crippen LogP contribution in [-0.4, -0.2) is 11.6 Å². The number of rotatable bonds is 15. The molecule has 0 atom stereocenters. The molecule has 0 unspecified atom stereocenters. The van der Waals surface area contributed by atoms with E-state index >= 15 is 0 Å². The molecule has 0 aliphatic rings. The van der Waals surface area contributed by atoms with Crippen molar-refractivity contribution in [2.45, 2.75) is 104 Å². The van der Waals surface area contributed by atoms with Crippen molar-refractivity contribution < 1.29 is 9.59 Å². The second kappa shape index (κ2) is 14.7. The first-order chi connectivity index (χ1) is 9.70.